The van der Waals surface area contributed by atoms with Crippen molar-refractivity contribution in [3.05, 3.63) is 95.6 Å². The van der Waals surface area contributed by atoms with Crippen LogP contribution in [-0.2, 0) is 0 Å². The Hall–Kier alpha value is -3.80. The lowest BCUT2D eigenvalue weighted by molar-refractivity contribution is 0.0796. The summed E-state index contributed by atoms with van der Waals surface area (Å²) in [6, 6.07) is 24.0. The fraction of sp³-hybridized carbons (Fsp3) is 0.167. The maximum Gasteiger partial charge on any atom is 0.319 e. The van der Waals surface area contributed by atoms with Crippen LogP contribution in [0.3, 0.4) is 0 Å². The van der Waals surface area contributed by atoms with Gasteiger partial charge in [0.15, 0.2) is 0 Å². The van der Waals surface area contributed by atoms with Crippen LogP contribution in [0.15, 0.2) is 78.9 Å². The fourth-order valence-electron chi connectivity index (χ4n) is 3.45. The number of hydrogen-bond donors (Lipinski definition) is 2. The zero-order chi connectivity index (χ0) is 20.9. The summed E-state index contributed by atoms with van der Waals surface area (Å²) in [5, 5.41) is 5.88. The summed E-state index contributed by atoms with van der Waals surface area (Å²) in [6.07, 6.45) is 0. The topological polar surface area (TPSA) is 70.7 Å². The van der Waals surface area contributed by atoms with Gasteiger partial charge in [0, 0.05) is 12.7 Å². The predicted molar refractivity (Wildman–Crippen MR) is 116 cm³/mol. The first kappa shape index (κ1) is 19.5. The number of amides is 3. The van der Waals surface area contributed by atoms with Crippen LogP contribution in [0.5, 0.6) is 5.75 Å². The highest BCUT2D eigenvalue weighted by Gasteiger charge is 2.22. The van der Waals surface area contributed by atoms with E-state index in [0.29, 0.717) is 30.2 Å². The Kier molecular flexibility index (Phi) is 5.66. The molecule has 3 amide bonds. The average Bonchev–Trinajstić information content (AvgIpc) is 2.92. The maximum atomic E-state index is 12.8. The lowest BCUT2D eigenvalue weighted by atomic mass is 9.99. The van der Waals surface area contributed by atoms with Crippen LogP contribution in [-0.4, -0.2) is 37.0 Å². The second-order valence-corrected chi connectivity index (χ2v) is 7.14. The molecule has 3 aromatic rings. The number of likely N-dealkylation sites (N-methyl/N-ethyl adjacent to an activating group) is 1. The number of fused-ring (bicyclic) bond motifs is 1. The zero-order valence-corrected chi connectivity index (χ0v) is 16.7. The molecule has 0 saturated heterocycles. The summed E-state index contributed by atoms with van der Waals surface area (Å²) in [6.45, 7) is 0.963. The Bertz CT molecular complexity index is 999. The van der Waals surface area contributed by atoms with Gasteiger partial charge in [-0.15, -0.1) is 0 Å². The predicted octanol–water partition coefficient (Wildman–Crippen LogP) is 4.06. The number of nitrogens with one attached hydrogen (secondary N) is 2. The normalized spacial score (nSPS) is 13.3. The summed E-state index contributed by atoms with van der Waals surface area (Å²) in [5.41, 5.74) is 2.92. The van der Waals surface area contributed by atoms with E-state index in [4.69, 9.17) is 4.74 Å². The third-order valence-electron chi connectivity index (χ3n) is 5.04. The molecule has 6 nitrogen and oxygen atoms in total. The number of anilines is 1. The van der Waals surface area contributed by atoms with Gasteiger partial charge >= 0.3 is 6.03 Å². The zero-order valence-electron chi connectivity index (χ0n) is 16.7. The van der Waals surface area contributed by atoms with Gasteiger partial charge in [-0.3, -0.25) is 4.79 Å². The van der Waals surface area contributed by atoms with Crippen molar-refractivity contribution in [3.8, 4) is 5.75 Å². The molecule has 6 heteroatoms. The molecule has 2 N–H and O–H groups in total. The molecule has 0 saturated carbocycles. The van der Waals surface area contributed by atoms with Gasteiger partial charge in [-0.1, -0.05) is 60.7 Å². The first-order chi connectivity index (χ1) is 14.6. The molecule has 0 radical (unpaired) electrons. The molecular formula is C24H23N3O3. The molecule has 0 bridgehead atoms. The van der Waals surface area contributed by atoms with E-state index in [1.54, 1.807) is 30.1 Å². The average molecular weight is 401 g/mol. The van der Waals surface area contributed by atoms with Crippen LogP contribution >= 0.6 is 0 Å². The Balaban J connectivity index is 1.55. The minimum absolute atomic E-state index is 0.127. The highest BCUT2D eigenvalue weighted by Crippen LogP contribution is 2.27. The van der Waals surface area contributed by atoms with Crippen LogP contribution in [0, 0.1) is 0 Å². The number of rotatable bonds is 4. The van der Waals surface area contributed by atoms with Crippen molar-refractivity contribution in [1.82, 2.24) is 10.2 Å². The number of carbonyl (C=O) groups excluding carboxylic acids is 2. The highest BCUT2D eigenvalue weighted by molar-refractivity contribution is 5.99. The second-order valence-electron chi connectivity index (χ2n) is 7.14. The van der Waals surface area contributed by atoms with Gasteiger partial charge in [0.2, 0.25) is 0 Å². The van der Waals surface area contributed by atoms with E-state index in [1.807, 2.05) is 60.7 Å². The standard InChI is InChI=1S/C24H23N3O3/c1-27-14-15-30-21-13-12-19(16-20(21)23(27)28)25-24(29)26-22(17-8-4-2-5-9-17)18-10-6-3-7-11-18/h2-13,16,22H,14-15H2,1H3,(H2,25,26,29). The number of hydrogen-bond acceptors (Lipinski definition) is 3. The molecule has 1 heterocycles. The molecule has 0 atom stereocenters. The number of ether oxygens (including phenoxy) is 1. The lowest BCUT2D eigenvalue weighted by Crippen LogP contribution is -2.33. The quantitative estimate of drug-likeness (QED) is 0.693. The molecule has 0 aliphatic carbocycles. The third kappa shape index (κ3) is 4.27. The minimum Gasteiger partial charge on any atom is -0.491 e. The fourth-order valence-corrected chi connectivity index (χ4v) is 3.45. The Labute approximate surface area is 175 Å². The first-order valence-electron chi connectivity index (χ1n) is 9.81. The van der Waals surface area contributed by atoms with E-state index in [9.17, 15) is 9.59 Å². The number of carbonyl (C=O) groups is 2. The van der Waals surface area contributed by atoms with Gasteiger partial charge in [-0.2, -0.15) is 0 Å². The van der Waals surface area contributed by atoms with Crippen molar-refractivity contribution >= 4 is 17.6 Å². The first-order valence-corrected chi connectivity index (χ1v) is 9.81. The molecule has 1 aliphatic heterocycles. The molecule has 4 rings (SSSR count). The number of nitrogens with zero attached hydrogens (tertiary/aromatic N) is 1. The minimum atomic E-state index is -0.358. The summed E-state index contributed by atoms with van der Waals surface area (Å²) in [5.74, 6) is 0.403. The summed E-state index contributed by atoms with van der Waals surface area (Å²) in [7, 11) is 1.73. The molecule has 0 unspecified atom stereocenters. The summed E-state index contributed by atoms with van der Waals surface area (Å²) in [4.78, 5) is 27.0. The van der Waals surface area contributed by atoms with Crippen LogP contribution in [0.25, 0.3) is 0 Å². The maximum absolute atomic E-state index is 12.8. The van der Waals surface area contributed by atoms with E-state index in [2.05, 4.69) is 10.6 Å². The van der Waals surface area contributed by atoms with E-state index in [0.717, 1.165) is 11.1 Å². The smallest absolute Gasteiger partial charge is 0.319 e. The molecule has 30 heavy (non-hydrogen) atoms. The van der Waals surface area contributed by atoms with Gasteiger partial charge in [-0.05, 0) is 29.3 Å². The molecule has 0 spiro atoms. The second kappa shape index (κ2) is 8.69. The molecule has 3 aromatic carbocycles. The Morgan fingerprint density at radius 1 is 0.967 bits per heavy atom. The van der Waals surface area contributed by atoms with Crippen molar-refractivity contribution in [2.45, 2.75) is 6.04 Å². The van der Waals surface area contributed by atoms with Crippen LogP contribution in [0.1, 0.15) is 27.5 Å². The van der Waals surface area contributed by atoms with Crippen molar-refractivity contribution in [2.75, 3.05) is 25.5 Å². The van der Waals surface area contributed by atoms with Crippen molar-refractivity contribution < 1.29 is 14.3 Å². The van der Waals surface area contributed by atoms with E-state index < -0.39 is 0 Å². The van der Waals surface area contributed by atoms with Gasteiger partial charge < -0.3 is 20.3 Å². The van der Waals surface area contributed by atoms with E-state index >= 15 is 0 Å². The van der Waals surface area contributed by atoms with Crippen molar-refractivity contribution in [3.63, 3.8) is 0 Å². The number of urea groups is 1. The van der Waals surface area contributed by atoms with Crippen molar-refractivity contribution in [1.29, 1.82) is 0 Å². The van der Waals surface area contributed by atoms with Crippen LogP contribution < -0.4 is 15.4 Å². The molecule has 152 valence electrons. The number of benzene rings is 3. The van der Waals surface area contributed by atoms with Gasteiger partial charge in [0.05, 0.1) is 18.2 Å². The van der Waals surface area contributed by atoms with E-state index in [-0.39, 0.29) is 18.0 Å². The Morgan fingerprint density at radius 3 is 2.23 bits per heavy atom. The molecule has 0 fully saturated rings. The van der Waals surface area contributed by atoms with Gasteiger partial charge in [0.1, 0.15) is 12.4 Å². The van der Waals surface area contributed by atoms with Crippen molar-refractivity contribution in [2.24, 2.45) is 0 Å². The summed E-state index contributed by atoms with van der Waals surface area (Å²) >= 11 is 0. The SMILES string of the molecule is CN1CCOc2ccc(NC(=O)NC(c3ccccc3)c3ccccc3)cc2C1=O. The van der Waals surface area contributed by atoms with Crippen LogP contribution in [0.4, 0.5) is 10.5 Å². The van der Waals surface area contributed by atoms with Gasteiger partial charge in [0.25, 0.3) is 5.91 Å². The monoisotopic (exact) mass is 401 g/mol. The molecule has 0 aromatic heterocycles. The highest BCUT2D eigenvalue weighted by atomic mass is 16.5. The molecular weight excluding hydrogens is 378 g/mol. The third-order valence-corrected chi connectivity index (χ3v) is 5.04. The largest absolute Gasteiger partial charge is 0.491 e. The van der Waals surface area contributed by atoms with Crippen LogP contribution in [0.2, 0.25) is 0 Å². The lowest BCUT2D eigenvalue weighted by Gasteiger charge is -2.20. The summed E-state index contributed by atoms with van der Waals surface area (Å²) < 4.78 is 5.64. The Morgan fingerprint density at radius 2 is 1.60 bits per heavy atom. The van der Waals surface area contributed by atoms with Gasteiger partial charge in [-0.25, -0.2) is 4.79 Å². The van der Waals surface area contributed by atoms with E-state index in [1.165, 1.54) is 0 Å². The molecule has 1 aliphatic rings.